The van der Waals surface area contributed by atoms with E-state index < -0.39 is 0 Å². The molecule has 0 bridgehead atoms. The Hall–Kier alpha value is -2.57. The van der Waals surface area contributed by atoms with Crippen molar-refractivity contribution in [3.05, 3.63) is 34.1 Å². The van der Waals surface area contributed by atoms with Crippen LogP contribution in [0.4, 0.5) is 0 Å². The number of amides is 1. The molecule has 3 aromatic heterocycles. The van der Waals surface area contributed by atoms with Gasteiger partial charge >= 0.3 is 0 Å². The first-order valence-electron chi connectivity index (χ1n) is 11.2. The number of furan rings is 1. The van der Waals surface area contributed by atoms with Crippen molar-refractivity contribution in [3.63, 3.8) is 0 Å². The molecule has 0 aromatic carbocycles. The van der Waals surface area contributed by atoms with E-state index in [1.807, 2.05) is 24.3 Å². The second-order valence-corrected chi connectivity index (χ2v) is 8.81. The third-order valence-corrected chi connectivity index (χ3v) is 6.70. The van der Waals surface area contributed by atoms with E-state index in [4.69, 9.17) is 4.42 Å². The zero-order valence-corrected chi connectivity index (χ0v) is 18.4. The van der Waals surface area contributed by atoms with Crippen molar-refractivity contribution in [2.45, 2.75) is 78.8 Å². The molecule has 0 unspecified atom stereocenters. The van der Waals surface area contributed by atoms with E-state index >= 15 is 0 Å². The van der Waals surface area contributed by atoms with E-state index in [1.165, 1.54) is 17.5 Å². The number of hydrogen-bond donors (Lipinski definition) is 1. The zero-order chi connectivity index (χ0) is 21.4. The minimum absolute atomic E-state index is 0.0708. The highest BCUT2D eigenvalue weighted by Gasteiger charge is 2.28. The number of nitrogens with one attached hydrogen (secondary N) is 1. The van der Waals surface area contributed by atoms with Crippen molar-refractivity contribution in [3.8, 4) is 0 Å². The Kier molecular flexibility index (Phi) is 5.71. The summed E-state index contributed by atoms with van der Waals surface area (Å²) in [4.78, 5) is 25.4. The molecule has 1 amide bonds. The van der Waals surface area contributed by atoms with Crippen LogP contribution >= 0.6 is 0 Å². The van der Waals surface area contributed by atoms with E-state index in [-0.39, 0.29) is 17.5 Å². The normalized spacial score (nSPS) is 22.1. The molecule has 7 heteroatoms. The SMILES string of the molecule is CCc1nn(CCCC(=O)N[C@@H]2CCC[C@H](C)[C@@H]2C)c(=O)c2cc3oc(C)cc3n12. The molecule has 4 rings (SSSR count). The Bertz CT molecular complexity index is 1120. The maximum absolute atomic E-state index is 13.0. The van der Waals surface area contributed by atoms with Gasteiger partial charge in [0, 0.05) is 37.6 Å². The van der Waals surface area contributed by atoms with Crippen LogP contribution in [0.1, 0.15) is 64.5 Å². The molecule has 7 nitrogen and oxygen atoms in total. The lowest BCUT2D eigenvalue weighted by atomic mass is 9.78. The summed E-state index contributed by atoms with van der Waals surface area (Å²) in [6.45, 7) is 8.84. The van der Waals surface area contributed by atoms with Crippen LogP contribution in [0.5, 0.6) is 0 Å². The van der Waals surface area contributed by atoms with Crippen molar-refractivity contribution >= 4 is 22.5 Å². The number of hydrogen-bond acceptors (Lipinski definition) is 4. The topological polar surface area (TPSA) is 81.5 Å². The molecule has 162 valence electrons. The minimum Gasteiger partial charge on any atom is -0.460 e. The summed E-state index contributed by atoms with van der Waals surface area (Å²) < 4.78 is 9.09. The van der Waals surface area contributed by atoms with Crippen LogP contribution in [0, 0.1) is 18.8 Å². The molecule has 1 saturated carbocycles. The van der Waals surface area contributed by atoms with E-state index in [9.17, 15) is 9.59 Å². The van der Waals surface area contributed by atoms with Gasteiger partial charge in [-0.15, -0.1) is 0 Å². The summed E-state index contributed by atoms with van der Waals surface area (Å²) in [5, 5.41) is 7.79. The molecule has 1 fully saturated rings. The Morgan fingerprint density at radius 1 is 1.27 bits per heavy atom. The van der Waals surface area contributed by atoms with Crippen LogP contribution in [0.2, 0.25) is 0 Å². The van der Waals surface area contributed by atoms with Gasteiger partial charge in [0.1, 0.15) is 17.1 Å². The van der Waals surface area contributed by atoms with Crippen LogP contribution < -0.4 is 10.9 Å². The first-order valence-corrected chi connectivity index (χ1v) is 11.2. The lowest BCUT2D eigenvalue weighted by Gasteiger charge is -2.34. The Morgan fingerprint density at radius 2 is 2.07 bits per heavy atom. The summed E-state index contributed by atoms with van der Waals surface area (Å²) in [7, 11) is 0. The van der Waals surface area contributed by atoms with Crippen LogP contribution in [-0.2, 0) is 17.8 Å². The predicted octanol–water partition coefficient (Wildman–Crippen LogP) is 3.83. The second-order valence-electron chi connectivity index (χ2n) is 8.81. The van der Waals surface area contributed by atoms with Crippen LogP contribution in [0.3, 0.4) is 0 Å². The Morgan fingerprint density at radius 3 is 2.83 bits per heavy atom. The van der Waals surface area contributed by atoms with Gasteiger partial charge in [0.05, 0.1) is 5.52 Å². The fourth-order valence-electron chi connectivity index (χ4n) is 4.75. The average molecular weight is 413 g/mol. The molecule has 3 heterocycles. The molecular weight excluding hydrogens is 380 g/mol. The number of rotatable bonds is 6. The van der Waals surface area contributed by atoms with Gasteiger partial charge < -0.3 is 9.73 Å². The molecule has 1 aliphatic rings. The molecule has 0 spiro atoms. The minimum atomic E-state index is -0.147. The molecule has 30 heavy (non-hydrogen) atoms. The van der Waals surface area contributed by atoms with Gasteiger partial charge in [-0.2, -0.15) is 5.10 Å². The number of carbonyl (C=O) groups excluding carboxylic acids is 1. The molecule has 1 N–H and O–H groups in total. The van der Waals surface area contributed by atoms with E-state index in [2.05, 4.69) is 24.3 Å². The number of aryl methyl sites for hydroxylation is 3. The fraction of sp³-hybridized carbons (Fsp3) is 0.609. The molecule has 0 radical (unpaired) electrons. The van der Waals surface area contributed by atoms with Gasteiger partial charge in [0.2, 0.25) is 5.91 Å². The maximum Gasteiger partial charge on any atom is 0.291 e. The predicted molar refractivity (Wildman–Crippen MR) is 117 cm³/mol. The summed E-state index contributed by atoms with van der Waals surface area (Å²) in [6, 6.07) is 4.00. The number of fused-ring (bicyclic) bond motifs is 3. The van der Waals surface area contributed by atoms with E-state index in [1.54, 1.807) is 6.07 Å². The lowest BCUT2D eigenvalue weighted by molar-refractivity contribution is -0.122. The van der Waals surface area contributed by atoms with E-state index in [0.717, 1.165) is 23.5 Å². The summed E-state index contributed by atoms with van der Waals surface area (Å²) in [5.74, 6) is 2.86. The highest BCUT2D eigenvalue weighted by atomic mass is 16.3. The third-order valence-electron chi connectivity index (χ3n) is 6.70. The fourth-order valence-corrected chi connectivity index (χ4v) is 4.75. The molecule has 3 atom stereocenters. The molecule has 1 aliphatic carbocycles. The van der Waals surface area contributed by atoms with Gasteiger partial charge in [-0.05, 0) is 31.6 Å². The summed E-state index contributed by atoms with van der Waals surface area (Å²) in [5.41, 5.74) is 2.01. The van der Waals surface area contributed by atoms with Gasteiger partial charge in [-0.1, -0.05) is 33.6 Å². The maximum atomic E-state index is 13.0. The van der Waals surface area contributed by atoms with Gasteiger partial charge in [-0.25, -0.2) is 4.68 Å². The van der Waals surface area contributed by atoms with Crippen LogP contribution in [0.25, 0.3) is 16.6 Å². The smallest absolute Gasteiger partial charge is 0.291 e. The first kappa shape index (κ1) is 20.7. The Balaban J connectivity index is 1.46. The third kappa shape index (κ3) is 3.77. The largest absolute Gasteiger partial charge is 0.460 e. The second kappa shape index (κ2) is 8.28. The van der Waals surface area contributed by atoms with Crippen molar-refractivity contribution in [1.29, 1.82) is 0 Å². The van der Waals surface area contributed by atoms with Crippen molar-refractivity contribution in [2.75, 3.05) is 0 Å². The lowest BCUT2D eigenvalue weighted by Crippen LogP contribution is -2.43. The van der Waals surface area contributed by atoms with Crippen molar-refractivity contribution in [1.82, 2.24) is 19.5 Å². The summed E-state index contributed by atoms with van der Waals surface area (Å²) in [6.07, 6.45) is 5.17. The zero-order valence-electron chi connectivity index (χ0n) is 18.4. The number of carbonyl (C=O) groups is 1. The van der Waals surface area contributed by atoms with Gasteiger partial charge in [0.15, 0.2) is 5.58 Å². The first-order chi connectivity index (χ1) is 14.4. The van der Waals surface area contributed by atoms with Crippen LogP contribution in [-0.4, -0.2) is 26.1 Å². The van der Waals surface area contributed by atoms with Gasteiger partial charge in [0.25, 0.3) is 5.56 Å². The van der Waals surface area contributed by atoms with Crippen LogP contribution in [0.15, 0.2) is 21.3 Å². The average Bonchev–Trinajstić information content (AvgIpc) is 3.24. The van der Waals surface area contributed by atoms with Crippen molar-refractivity contribution in [2.24, 2.45) is 11.8 Å². The highest BCUT2D eigenvalue weighted by Crippen LogP contribution is 2.29. The quantitative estimate of drug-likeness (QED) is 0.667. The molecular formula is C23H32N4O3. The number of aromatic nitrogens is 3. The number of nitrogens with zero attached hydrogens (tertiary/aromatic N) is 3. The molecule has 0 saturated heterocycles. The molecule has 3 aromatic rings. The summed E-state index contributed by atoms with van der Waals surface area (Å²) >= 11 is 0. The van der Waals surface area contributed by atoms with Crippen molar-refractivity contribution < 1.29 is 9.21 Å². The Labute approximate surface area is 176 Å². The monoisotopic (exact) mass is 412 g/mol. The highest BCUT2D eigenvalue weighted by molar-refractivity contribution is 5.83. The standard InChI is InChI=1S/C23H32N4O3/c1-5-21-25-26(23(29)19-13-20-18(27(19)21)12-15(3)30-20)11-7-10-22(28)24-17-9-6-8-14(2)16(17)4/h12-14,16-17H,5-11H2,1-4H3,(H,24,28)/t14-,16-,17+/m0/s1. The van der Waals surface area contributed by atoms with Gasteiger partial charge in [-0.3, -0.25) is 14.0 Å². The molecule has 0 aliphatic heterocycles. The van der Waals surface area contributed by atoms with E-state index in [0.29, 0.717) is 48.7 Å².